The molecule has 38 heavy (non-hydrogen) atoms. The average molecular weight is 521 g/mol. The third-order valence-electron chi connectivity index (χ3n) is 6.20. The summed E-state index contributed by atoms with van der Waals surface area (Å²) >= 11 is 0. The Balaban J connectivity index is 1.28. The number of nitrogens with one attached hydrogen (secondary N) is 2. The fourth-order valence-electron chi connectivity index (χ4n) is 4.19. The molecule has 0 fully saturated rings. The Hall–Kier alpha value is -4.64. The first-order valence-corrected chi connectivity index (χ1v) is 13.4. The molecule has 1 heterocycles. The average Bonchev–Trinajstić information content (AvgIpc) is 3.35. The quantitative estimate of drug-likeness (QED) is 0.257. The molecule has 5 rings (SSSR count). The van der Waals surface area contributed by atoms with Crippen LogP contribution in [0.5, 0.6) is 0 Å². The van der Waals surface area contributed by atoms with Crippen molar-refractivity contribution < 1.29 is 18.3 Å². The molecule has 7 heteroatoms. The van der Waals surface area contributed by atoms with Crippen molar-refractivity contribution in [1.82, 2.24) is 9.71 Å². The van der Waals surface area contributed by atoms with Crippen molar-refractivity contribution in [3.8, 4) is 23.0 Å². The molecule has 0 spiro atoms. The number of aromatic nitrogens is 1. The molecular weight excluding hydrogens is 496 g/mol. The van der Waals surface area contributed by atoms with Crippen LogP contribution in [0.25, 0.3) is 22.0 Å². The van der Waals surface area contributed by atoms with Crippen LogP contribution < -0.4 is 4.72 Å². The zero-order chi connectivity index (χ0) is 26.5. The van der Waals surface area contributed by atoms with Crippen LogP contribution >= 0.6 is 0 Å². The van der Waals surface area contributed by atoms with Crippen molar-refractivity contribution in [3.63, 3.8) is 0 Å². The Bertz CT molecular complexity index is 1750. The number of carboxylic acids is 1. The zero-order valence-corrected chi connectivity index (χ0v) is 21.1. The summed E-state index contributed by atoms with van der Waals surface area (Å²) in [4.78, 5) is 14.9. The smallest absolute Gasteiger partial charge is 0.322 e. The summed E-state index contributed by atoms with van der Waals surface area (Å²) < 4.78 is 28.3. The Labute approximate surface area is 221 Å². The van der Waals surface area contributed by atoms with Crippen LogP contribution in [0.2, 0.25) is 0 Å². The molecule has 3 N–H and O–H groups in total. The van der Waals surface area contributed by atoms with Crippen molar-refractivity contribution in [2.75, 3.05) is 0 Å². The van der Waals surface area contributed by atoms with E-state index in [1.807, 2.05) is 78.9 Å². The highest BCUT2D eigenvalue weighted by Gasteiger charge is 2.26. The predicted molar refractivity (Wildman–Crippen MR) is 148 cm³/mol. The van der Waals surface area contributed by atoms with Crippen LogP contribution in [-0.4, -0.2) is 30.5 Å². The van der Waals surface area contributed by atoms with E-state index in [1.165, 1.54) is 12.1 Å². The molecule has 0 saturated carbocycles. The summed E-state index contributed by atoms with van der Waals surface area (Å²) in [5.41, 5.74) is 5.29. The van der Waals surface area contributed by atoms with E-state index in [9.17, 15) is 18.3 Å². The fraction of sp³-hybridized carbons (Fsp3) is 0.0645. The van der Waals surface area contributed by atoms with Crippen molar-refractivity contribution in [2.24, 2.45) is 0 Å². The van der Waals surface area contributed by atoms with Gasteiger partial charge in [0.25, 0.3) is 0 Å². The van der Waals surface area contributed by atoms with Gasteiger partial charge in [0.1, 0.15) is 6.04 Å². The van der Waals surface area contributed by atoms with Crippen LogP contribution in [0.15, 0.2) is 114 Å². The molecule has 5 aromatic rings. The van der Waals surface area contributed by atoms with Gasteiger partial charge >= 0.3 is 5.97 Å². The van der Waals surface area contributed by atoms with Gasteiger partial charge in [-0.05, 0) is 59.2 Å². The van der Waals surface area contributed by atoms with E-state index in [-0.39, 0.29) is 11.3 Å². The highest BCUT2D eigenvalue weighted by atomic mass is 32.2. The number of benzene rings is 4. The summed E-state index contributed by atoms with van der Waals surface area (Å²) in [5, 5.41) is 10.6. The van der Waals surface area contributed by atoms with Crippen LogP contribution in [0.1, 0.15) is 16.7 Å². The zero-order valence-electron chi connectivity index (χ0n) is 20.3. The van der Waals surface area contributed by atoms with Gasteiger partial charge < -0.3 is 10.1 Å². The molecule has 0 aliphatic heterocycles. The monoisotopic (exact) mass is 520 g/mol. The number of hydrogen-bond donors (Lipinski definition) is 3. The molecule has 0 aliphatic carbocycles. The van der Waals surface area contributed by atoms with E-state index in [0.717, 1.165) is 33.2 Å². The van der Waals surface area contributed by atoms with E-state index in [1.54, 1.807) is 18.3 Å². The lowest BCUT2D eigenvalue weighted by molar-refractivity contribution is -0.138. The number of fused-ring (bicyclic) bond motifs is 1. The minimum absolute atomic E-state index is 0.00516. The summed E-state index contributed by atoms with van der Waals surface area (Å²) in [6, 6.07) is 30.2. The third-order valence-corrected chi connectivity index (χ3v) is 7.69. The number of carboxylic acid groups (broad SMARTS) is 1. The van der Waals surface area contributed by atoms with Crippen LogP contribution in [0.4, 0.5) is 0 Å². The molecule has 188 valence electrons. The first kappa shape index (κ1) is 25.0. The number of aromatic amines is 1. The minimum atomic E-state index is -4.07. The summed E-state index contributed by atoms with van der Waals surface area (Å²) in [5.74, 6) is 4.88. The topological polar surface area (TPSA) is 99.3 Å². The number of H-pyrrole nitrogens is 1. The van der Waals surface area contributed by atoms with Gasteiger partial charge in [-0.15, -0.1) is 0 Å². The first-order valence-electron chi connectivity index (χ1n) is 12.0. The summed E-state index contributed by atoms with van der Waals surface area (Å²) in [7, 11) is -4.07. The molecule has 1 aromatic heterocycles. The molecule has 6 nitrogen and oxygen atoms in total. The predicted octanol–water partition coefficient (Wildman–Crippen LogP) is 5.21. The highest BCUT2D eigenvalue weighted by Crippen LogP contribution is 2.21. The van der Waals surface area contributed by atoms with E-state index < -0.39 is 22.0 Å². The number of rotatable bonds is 7. The van der Waals surface area contributed by atoms with E-state index >= 15 is 0 Å². The highest BCUT2D eigenvalue weighted by molar-refractivity contribution is 7.89. The van der Waals surface area contributed by atoms with Crippen molar-refractivity contribution in [3.05, 3.63) is 126 Å². The summed E-state index contributed by atoms with van der Waals surface area (Å²) in [6.45, 7) is 0. The second-order valence-electron chi connectivity index (χ2n) is 8.79. The molecule has 0 saturated heterocycles. The van der Waals surface area contributed by atoms with Crippen molar-refractivity contribution in [2.45, 2.75) is 17.4 Å². The van der Waals surface area contributed by atoms with Gasteiger partial charge in [-0.1, -0.05) is 72.5 Å². The molecule has 0 aliphatic rings. The number of carbonyl (C=O) groups is 1. The molecule has 0 bridgehead atoms. The number of para-hydroxylation sites is 1. The number of hydrogen-bond acceptors (Lipinski definition) is 3. The van der Waals surface area contributed by atoms with Gasteiger partial charge in [0.05, 0.1) is 4.90 Å². The molecule has 0 radical (unpaired) electrons. The Kier molecular flexibility index (Phi) is 7.09. The lowest BCUT2D eigenvalue weighted by atomic mass is 10.0. The Morgan fingerprint density at radius 2 is 1.37 bits per heavy atom. The van der Waals surface area contributed by atoms with Gasteiger partial charge in [0.15, 0.2) is 0 Å². The molecule has 4 aromatic carbocycles. The van der Waals surface area contributed by atoms with Crippen molar-refractivity contribution in [1.29, 1.82) is 0 Å². The maximum absolute atomic E-state index is 13.0. The minimum Gasteiger partial charge on any atom is -0.480 e. The summed E-state index contributed by atoms with van der Waals surface area (Å²) in [6.07, 6.45) is 1.71. The molecule has 0 unspecified atom stereocenters. The van der Waals surface area contributed by atoms with E-state index in [0.29, 0.717) is 5.56 Å². The van der Waals surface area contributed by atoms with Gasteiger partial charge in [-0.2, -0.15) is 4.72 Å². The normalized spacial score (nSPS) is 12.0. The largest absolute Gasteiger partial charge is 0.480 e. The maximum Gasteiger partial charge on any atom is 0.322 e. The van der Waals surface area contributed by atoms with Crippen LogP contribution in [0.3, 0.4) is 0 Å². The number of aliphatic carboxylic acids is 1. The van der Waals surface area contributed by atoms with Crippen LogP contribution in [0, 0.1) is 11.8 Å². The molecule has 0 amide bonds. The van der Waals surface area contributed by atoms with Gasteiger partial charge in [0.2, 0.25) is 10.0 Å². The fourth-order valence-corrected chi connectivity index (χ4v) is 5.38. The SMILES string of the molecule is O=C(O)[C@@H](Cc1c[nH]c2ccccc12)NS(=O)(=O)c1ccc(C#Cc2ccc(-c3ccccc3)cc2)cc1. The lowest BCUT2D eigenvalue weighted by Crippen LogP contribution is -2.42. The maximum atomic E-state index is 13.0. The first-order chi connectivity index (χ1) is 18.4. The molecular formula is C31H24N2O4S. The Morgan fingerprint density at radius 3 is 2.03 bits per heavy atom. The van der Waals surface area contributed by atoms with Crippen molar-refractivity contribution >= 4 is 26.9 Å². The number of sulfonamides is 1. The van der Waals surface area contributed by atoms with Gasteiger partial charge in [0, 0.05) is 34.6 Å². The second kappa shape index (κ2) is 10.8. The second-order valence-corrected chi connectivity index (χ2v) is 10.5. The van der Waals surface area contributed by atoms with Crippen LogP contribution in [-0.2, 0) is 21.2 Å². The van der Waals surface area contributed by atoms with Gasteiger partial charge in [-0.25, -0.2) is 8.42 Å². The standard InChI is InChI=1S/C31H24N2O4S/c34-31(35)30(20-26-21-32-29-9-5-4-8-28(26)29)33-38(36,37)27-18-14-23(15-19-27)11-10-22-12-16-25(17-13-22)24-6-2-1-3-7-24/h1-9,12-19,21,30,32-33H,20H2,(H,34,35)/t30-/m1/s1. The third kappa shape index (κ3) is 5.68. The molecule has 1 atom stereocenters. The van der Waals surface area contributed by atoms with E-state index in [4.69, 9.17) is 0 Å². The Morgan fingerprint density at radius 1 is 0.789 bits per heavy atom. The van der Waals surface area contributed by atoms with E-state index in [2.05, 4.69) is 21.5 Å². The lowest BCUT2D eigenvalue weighted by Gasteiger charge is -2.14. The van der Waals surface area contributed by atoms with Gasteiger partial charge in [-0.3, -0.25) is 4.79 Å².